The average molecular weight is 262 g/mol. The second-order valence-electron chi connectivity index (χ2n) is 5.83. The van der Waals surface area contributed by atoms with E-state index in [1.54, 1.807) is 12.1 Å². The normalized spacial score (nSPS) is 23.1. The Morgan fingerprint density at radius 1 is 1.37 bits per heavy atom. The summed E-state index contributed by atoms with van der Waals surface area (Å²) in [7, 11) is 0. The summed E-state index contributed by atoms with van der Waals surface area (Å²) < 4.78 is 0. The van der Waals surface area contributed by atoms with Gasteiger partial charge >= 0.3 is 0 Å². The first-order valence-electron chi connectivity index (χ1n) is 7.04. The van der Waals surface area contributed by atoms with Crippen LogP contribution in [0.5, 0.6) is 0 Å². The van der Waals surface area contributed by atoms with E-state index < -0.39 is 0 Å². The van der Waals surface area contributed by atoms with Gasteiger partial charge in [0.25, 0.3) is 5.69 Å². The van der Waals surface area contributed by atoms with Crippen molar-refractivity contribution in [1.29, 1.82) is 0 Å². The first-order valence-corrected chi connectivity index (χ1v) is 7.04. The molecule has 0 bridgehead atoms. The van der Waals surface area contributed by atoms with Crippen molar-refractivity contribution < 1.29 is 4.92 Å². The maximum absolute atomic E-state index is 10.8. The van der Waals surface area contributed by atoms with Crippen LogP contribution in [-0.4, -0.2) is 11.5 Å². The minimum Gasteiger partial charge on any atom is -0.385 e. The molecular formula is C15H22N2O2. The van der Waals surface area contributed by atoms with Crippen molar-refractivity contribution in [3.8, 4) is 0 Å². The minimum absolute atomic E-state index is 0.166. The highest BCUT2D eigenvalue weighted by atomic mass is 16.6. The number of nitrogens with one attached hydrogen (secondary N) is 1. The second-order valence-corrected chi connectivity index (χ2v) is 5.83. The molecule has 4 heteroatoms. The Hall–Kier alpha value is -1.58. The van der Waals surface area contributed by atoms with E-state index in [1.807, 2.05) is 13.0 Å². The van der Waals surface area contributed by atoms with Gasteiger partial charge in [0.15, 0.2) is 0 Å². The van der Waals surface area contributed by atoms with Gasteiger partial charge < -0.3 is 5.32 Å². The van der Waals surface area contributed by atoms with E-state index in [-0.39, 0.29) is 10.6 Å². The van der Waals surface area contributed by atoms with E-state index in [4.69, 9.17) is 0 Å². The summed E-state index contributed by atoms with van der Waals surface area (Å²) >= 11 is 0. The molecule has 1 aliphatic rings. The van der Waals surface area contributed by atoms with Crippen LogP contribution in [0.4, 0.5) is 11.4 Å². The summed E-state index contributed by atoms with van der Waals surface area (Å²) in [6.07, 6.45) is 5.18. The zero-order valence-electron chi connectivity index (χ0n) is 11.7. The van der Waals surface area contributed by atoms with Gasteiger partial charge in [-0.05, 0) is 43.2 Å². The number of nitrogens with zero attached hydrogens (tertiary/aromatic N) is 1. The van der Waals surface area contributed by atoms with Gasteiger partial charge in [-0.15, -0.1) is 0 Å². The molecule has 1 aromatic rings. The van der Waals surface area contributed by atoms with Crippen LogP contribution in [0.15, 0.2) is 18.2 Å². The predicted octanol–water partition coefficient (Wildman–Crippen LogP) is 4.14. The van der Waals surface area contributed by atoms with Gasteiger partial charge in [-0.2, -0.15) is 0 Å². The number of benzene rings is 1. The molecular weight excluding hydrogens is 240 g/mol. The van der Waals surface area contributed by atoms with Crippen molar-refractivity contribution in [1.82, 2.24) is 0 Å². The Morgan fingerprint density at radius 2 is 2.16 bits per heavy atom. The third kappa shape index (κ3) is 3.94. The third-order valence-corrected chi connectivity index (χ3v) is 3.91. The van der Waals surface area contributed by atoms with E-state index in [1.165, 1.54) is 25.7 Å². The predicted molar refractivity (Wildman–Crippen MR) is 77.4 cm³/mol. The van der Waals surface area contributed by atoms with Gasteiger partial charge in [0.05, 0.1) is 4.92 Å². The number of hydrogen-bond donors (Lipinski definition) is 1. The zero-order chi connectivity index (χ0) is 13.8. The van der Waals surface area contributed by atoms with Crippen molar-refractivity contribution in [3.63, 3.8) is 0 Å². The molecule has 0 aromatic heterocycles. The molecule has 2 unspecified atom stereocenters. The molecule has 0 aliphatic heterocycles. The summed E-state index contributed by atoms with van der Waals surface area (Å²) in [5.74, 6) is 1.51. The summed E-state index contributed by atoms with van der Waals surface area (Å²) in [4.78, 5) is 10.5. The molecule has 4 nitrogen and oxygen atoms in total. The van der Waals surface area contributed by atoms with Crippen LogP contribution in [-0.2, 0) is 0 Å². The van der Waals surface area contributed by atoms with Crippen LogP contribution in [0.2, 0.25) is 0 Å². The number of nitro groups is 1. The number of hydrogen-bond acceptors (Lipinski definition) is 3. The summed E-state index contributed by atoms with van der Waals surface area (Å²) in [5, 5.41) is 14.2. The highest BCUT2D eigenvalue weighted by Crippen LogP contribution is 2.29. The van der Waals surface area contributed by atoms with E-state index in [2.05, 4.69) is 12.2 Å². The monoisotopic (exact) mass is 262 g/mol. The quantitative estimate of drug-likeness (QED) is 0.655. The molecule has 1 fully saturated rings. The highest BCUT2D eigenvalue weighted by Gasteiger charge is 2.18. The van der Waals surface area contributed by atoms with Gasteiger partial charge in [-0.3, -0.25) is 10.1 Å². The molecule has 0 radical (unpaired) electrons. The van der Waals surface area contributed by atoms with Gasteiger partial charge in [-0.1, -0.05) is 19.8 Å². The van der Waals surface area contributed by atoms with Crippen molar-refractivity contribution >= 4 is 11.4 Å². The summed E-state index contributed by atoms with van der Waals surface area (Å²) in [6.45, 7) is 5.12. The van der Waals surface area contributed by atoms with Crippen LogP contribution in [0, 0.1) is 28.9 Å². The molecule has 1 aliphatic carbocycles. The first-order chi connectivity index (χ1) is 9.04. The van der Waals surface area contributed by atoms with Crippen LogP contribution in [0.3, 0.4) is 0 Å². The zero-order valence-corrected chi connectivity index (χ0v) is 11.7. The fourth-order valence-corrected chi connectivity index (χ4v) is 2.98. The van der Waals surface area contributed by atoms with Gasteiger partial charge in [0, 0.05) is 24.4 Å². The molecule has 19 heavy (non-hydrogen) atoms. The van der Waals surface area contributed by atoms with Crippen molar-refractivity contribution in [2.24, 2.45) is 11.8 Å². The average Bonchev–Trinajstić information content (AvgIpc) is 2.36. The lowest BCUT2D eigenvalue weighted by atomic mass is 9.82. The van der Waals surface area contributed by atoms with E-state index in [0.717, 1.165) is 23.7 Å². The summed E-state index contributed by atoms with van der Waals surface area (Å²) in [5.41, 5.74) is 1.96. The molecule has 1 N–H and O–H groups in total. The number of non-ortho nitro benzene ring substituents is 1. The lowest BCUT2D eigenvalue weighted by Gasteiger charge is -2.27. The number of rotatable bonds is 4. The van der Waals surface area contributed by atoms with E-state index >= 15 is 0 Å². The Kier molecular flexibility index (Phi) is 4.40. The SMILES string of the molecule is Cc1cc(NCC2CCCC(C)C2)cc([N+](=O)[O-])c1. The van der Waals surface area contributed by atoms with Crippen LogP contribution >= 0.6 is 0 Å². The van der Waals surface area contributed by atoms with Crippen LogP contribution in [0.25, 0.3) is 0 Å². The molecule has 104 valence electrons. The molecule has 0 amide bonds. The topological polar surface area (TPSA) is 55.2 Å². The fourth-order valence-electron chi connectivity index (χ4n) is 2.98. The Morgan fingerprint density at radius 3 is 2.84 bits per heavy atom. The molecule has 2 rings (SSSR count). The van der Waals surface area contributed by atoms with Gasteiger partial charge in [0.1, 0.15) is 0 Å². The molecule has 1 aromatic carbocycles. The first kappa shape index (κ1) is 13.8. The largest absolute Gasteiger partial charge is 0.385 e. The Labute approximate surface area is 114 Å². The molecule has 0 heterocycles. The standard InChI is InChI=1S/C15H22N2O2/c1-11-4-3-5-13(6-11)10-16-14-7-12(2)8-15(9-14)17(18)19/h7-9,11,13,16H,3-6,10H2,1-2H3. The van der Waals surface area contributed by atoms with Crippen LogP contribution in [0.1, 0.15) is 38.2 Å². The number of anilines is 1. The van der Waals surface area contributed by atoms with E-state index in [0.29, 0.717) is 5.92 Å². The third-order valence-electron chi connectivity index (χ3n) is 3.91. The Balaban J connectivity index is 1.97. The number of aryl methyl sites for hydroxylation is 1. The van der Waals surface area contributed by atoms with Crippen LogP contribution < -0.4 is 5.32 Å². The molecule has 0 spiro atoms. The fraction of sp³-hybridized carbons (Fsp3) is 0.600. The van der Waals surface area contributed by atoms with Crippen molar-refractivity contribution in [2.75, 3.05) is 11.9 Å². The highest BCUT2D eigenvalue weighted by molar-refractivity contribution is 5.53. The van der Waals surface area contributed by atoms with Gasteiger partial charge in [0.2, 0.25) is 0 Å². The number of nitro benzene ring substituents is 1. The smallest absolute Gasteiger partial charge is 0.271 e. The minimum atomic E-state index is -0.332. The molecule has 0 saturated heterocycles. The second kappa shape index (κ2) is 6.04. The van der Waals surface area contributed by atoms with Gasteiger partial charge in [-0.25, -0.2) is 0 Å². The van der Waals surface area contributed by atoms with E-state index in [9.17, 15) is 10.1 Å². The molecule has 1 saturated carbocycles. The molecule has 2 atom stereocenters. The lowest BCUT2D eigenvalue weighted by Crippen LogP contribution is -2.21. The Bertz CT molecular complexity index is 459. The summed E-state index contributed by atoms with van der Waals surface area (Å²) in [6, 6.07) is 5.20. The maximum atomic E-state index is 10.8. The van der Waals surface area contributed by atoms with Crippen molar-refractivity contribution in [2.45, 2.75) is 39.5 Å². The lowest BCUT2D eigenvalue weighted by molar-refractivity contribution is -0.384. The van der Waals surface area contributed by atoms with Crippen molar-refractivity contribution in [3.05, 3.63) is 33.9 Å². The maximum Gasteiger partial charge on any atom is 0.271 e.